The van der Waals surface area contributed by atoms with Crippen LogP contribution in [0.15, 0.2) is 22.6 Å². The number of rotatable bonds is 2. The molecule has 0 radical (unpaired) electrons. The fourth-order valence-electron chi connectivity index (χ4n) is 3.77. The summed E-state index contributed by atoms with van der Waals surface area (Å²) in [6.45, 7) is 4.10. The van der Waals surface area contributed by atoms with Crippen LogP contribution in [0.3, 0.4) is 0 Å². The average molecular weight is 299 g/mol. The minimum atomic E-state index is 0.225. The maximum atomic E-state index is 10.1. The standard InChI is InChI=1S/C18H21NO3/c1-3-13-6-12-10-19-5-4-11-7-18(21-2)16(20)8-14(11)15(19)9-17(12)22-13/h6-8,15,20H,3-5,9-10H2,1-2H3/t15-/m0/s1. The van der Waals surface area contributed by atoms with Gasteiger partial charge in [0.05, 0.1) is 7.11 Å². The minimum absolute atomic E-state index is 0.225. The van der Waals surface area contributed by atoms with Crippen molar-refractivity contribution in [3.63, 3.8) is 0 Å². The van der Waals surface area contributed by atoms with Crippen LogP contribution in [-0.4, -0.2) is 23.7 Å². The van der Waals surface area contributed by atoms with Gasteiger partial charge in [-0.2, -0.15) is 0 Å². The fourth-order valence-corrected chi connectivity index (χ4v) is 3.77. The van der Waals surface area contributed by atoms with Crippen LogP contribution in [0.5, 0.6) is 11.5 Å². The van der Waals surface area contributed by atoms with E-state index in [-0.39, 0.29) is 5.75 Å². The van der Waals surface area contributed by atoms with Crippen molar-refractivity contribution in [3.05, 3.63) is 46.4 Å². The number of nitrogens with zero attached hydrogens (tertiary/aromatic N) is 1. The van der Waals surface area contributed by atoms with Gasteiger partial charge >= 0.3 is 0 Å². The summed E-state index contributed by atoms with van der Waals surface area (Å²) in [4.78, 5) is 2.49. The van der Waals surface area contributed by atoms with Crippen LogP contribution in [-0.2, 0) is 25.8 Å². The first kappa shape index (κ1) is 13.7. The second-order valence-corrected chi connectivity index (χ2v) is 6.18. The molecule has 1 N–H and O–H groups in total. The Balaban J connectivity index is 1.74. The molecule has 1 aromatic carbocycles. The smallest absolute Gasteiger partial charge is 0.160 e. The molecule has 1 atom stereocenters. The van der Waals surface area contributed by atoms with E-state index in [4.69, 9.17) is 9.15 Å². The van der Waals surface area contributed by atoms with E-state index in [1.165, 1.54) is 16.7 Å². The number of aryl methyl sites for hydroxylation is 1. The molecule has 0 spiro atoms. The molecule has 22 heavy (non-hydrogen) atoms. The zero-order valence-corrected chi connectivity index (χ0v) is 13.1. The van der Waals surface area contributed by atoms with Gasteiger partial charge in [-0.15, -0.1) is 0 Å². The Labute approximate surface area is 130 Å². The van der Waals surface area contributed by atoms with Crippen LogP contribution < -0.4 is 4.74 Å². The summed E-state index contributed by atoms with van der Waals surface area (Å²) >= 11 is 0. The van der Waals surface area contributed by atoms with E-state index in [0.29, 0.717) is 11.8 Å². The molecule has 4 nitrogen and oxygen atoms in total. The van der Waals surface area contributed by atoms with E-state index in [1.54, 1.807) is 7.11 Å². The van der Waals surface area contributed by atoms with Gasteiger partial charge in [-0.3, -0.25) is 4.90 Å². The number of furan rings is 1. The molecule has 3 heterocycles. The molecule has 0 fully saturated rings. The lowest BCUT2D eigenvalue weighted by atomic mass is 9.86. The van der Waals surface area contributed by atoms with E-state index < -0.39 is 0 Å². The number of phenols is 1. The molecule has 0 saturated heterocycles. The van der Waals surface area contributed by atoms with Crippen molar-refractivity contribution in [2.24, 2.45) is 0 Å². The molecule has 2 aromatic rings. The third kappa shape index (κ3) is 2.02. The molecule has 1 aromatic heterocycles. The van der Waals surface area contributed by atoms with Crippen LogP contribution in [0.4, 0.5) is 0 Å². The lowest BCUT2D eigenvalue weighted by molar-refractivity contribution is 0.150. The predicted octanol–water partition coefficient (Wildman–Crippen LogP) is 3.21. The van der Waals surface area contributed by atoms with Crippen LogP contribution in [0.25, 0.3) is 0 Å². The summed E-state index contributed by atoms with van der Waals surface area (Å²) in [7, 11) is 1.60. The van der Waals surface area contributed by atoms with Crippen LogP contribution in [0, 0.1) is 0 Å². The summed E-state index contributed by atoms with van der Waals surface area (Å²) in [6, 6.07) is 6.35. The summed E-state index contributed by atoms with van der Waals surface area (Å²) in [5, 5.41) is 10.1. The molecular weight excluding hydrogens is 278 g/mol. The van der Waals surface area contributed by atoms with Gasteiger partial charge in [-0.05, 0) is 35.7 Å². The van der Waals surface area contributed by atoms with Crippen molar-refractivity contribution in [2.75, 3.05) is 13.7 Å². The van der Waals surface area contributed by atoms with Crippen LogP contribution >= 0.6 is 0 Å². The zero-order chi connectivity index (χ0) is 15.3. The van der Waals surface area contributed by atoms with Crippen molar-refractivity contribution in [2.45, 2.75) is 38.8 Å². The normalized spacial score (nSPS) is 20.2. The number of benzene rings is 1. The Morgan fingerprint density at radius 1 is 1.32 bits per heavy atom. The molecule has 2 aliphatic heterocycles. The van der Waals surface area contributed by atoms with Gasteiger partial charge in [0, 0.05) is 37.5 Å². The zero-order valence-electron chi connectivity index (χ0n) is 13.1. The van der Waals surface area contributed by atoms with E-state index in [9.17, 15) is 5.11 Å². The third-order valence-electron chi connectivity index (χ3n) is 4.96. The van der Waals surface area contributed by atoms with Gasteiger partial charge in [0.15, 0.2) is 11.5 Å². The Hall–Kier alpha value is -1.94. The molecular formula is C18H21NO3. The second-order valence-electron chi connectivity index (χ2n) is 6.18. The third-order valence-corrected chi connectivity index (χ3v) is 4.96. The highest BCUT2D eigenvalue weighted by Gasteiger charge is 2.34. The highest BCUT2D eigenvalue weighted by atomic mass is 16.5. The van der Waals surface area contributed by atoms with Crippen LogP contribution in [0.2, 0.25) is 0 Å². The molecule has 0 saturated carbocycles. The molecule has 0 amide bonds. The molecule has 0 unspecified atom stereocenters. The highest BCUT2D eigenvalue weighted by Crippen LogP contribution is 2.42. The summed E-state index contributed by atoms with van der Waals surface area (Å²) in [5.74, 6) is 2.97. The Bertz CT molecular complexity index is 719. The monoisotopic (exact) mass is 299 g/mol. The predicted molar refractivity (Wildman–Crippen MR) is 83.3 cm³/mol. The van der Waals surface area contributed by atoms with Crippen molar-refractivity contribution in [3.8, 4) is 11.5 Å². The van der Waals surface area contributed by atoms with E-state index in [1.807, 2.05) is 12.1 Å². The van der Waals surface area contributed by atoms with Gasteiger partial charge in [-0.1, -0.05) is 6.92 Å². The quantitative estimate of drug-likeness (QED) is 0.925. The first-order valence-corrected chi connectivity index (χ1v) is 7.94. The maximum absolute atomic E-state index is 10.1. The molecule has 4 rings (SSSR count). The number of ether oxygens (including phenoxy) is 1. The van der Waals surface area contributed by atoms with E-state index in [0.717, 1.165) is 43.9 Å². The van der Waals surface area contributed by atoms with Gasteiger partial charge in [-0.25, -0.2) is 0 Å². The fraction of sp³-hybridized carbons (Fsp3) is 0.444. The largest absolute Gasteiger partial charge is 0.504 e. The van der Waals surface area contributed by atoms with E-state index in [2.05, 4.69) is 17.9 Å². The van der Waals surface area contributed by atoms with Gasteiger partial charge in [0.1, 0.15) is 11.5 Å². The SMILES string of the molecule is CCc1cc2c(o1)C[C@H]1c3cc(O)c(OC)cc3CCN1C2. The first-order chi connectivity index (χ1) is 10.7. The number of aromatic hydroxyl groups is 1. The Morgan fingerprint density at radius 3 is 2.95 bits per heavy atom. The number of fused-ring (bicyclic) bond motifs is 4. The van der Waals surface area contributed by atoms with Crippen molar-refractivity contribution in [1.29, 1.82) is 0 Å². The van der Waals surface area contributed by atoms with E-state index >= 15 is 0 Å². The lowest BCUT2D eigenvalue weighted by Crippen LogP contribution is -2.38. The first-order valence-electron chi connectivity index (χ1n) is 7.94. The Kier molecular flexibility index (Phi) is 3.15. The maximum Gasteiger partial charge on any atom is 0.160 e. The van der Waals surface area contributed by atoms with Gasteiger partial charge < -0.3 is 14.3 Å². The number of methoxy groups -OCH3 is 1. The average Bonchev–Trinajstić information content (AvgIpc) is 2.94. The molecule has 116 valence electrons. The summed E-state index contributed by atoms with van der Waals surface area (Å²) < 4.78 is 11.2. The summed E-state index contributed by atoms with van der Waals surface area (Å²) in [5.41, 5.74) is 3.82. The van der Waals surface area contributed by atoms with Crippen LogP contribution in [0.1, 0.15) is 41.2 Å². The second kappa shape index (κ2) is 5.06. The molecule has 0 aliphatic carbocycles. The van der Waals surface area contributed by atoms with Crippen molar-refractivity contribution >= 4 is 0 Å². The van der Waals surface area contributed by atoms with Gasteiger partial charge in [0.2, 0.25) is 0 Å². The highest BCUT2D eigenvalue weighted by molar-refractivity contribution is 5.49. The summed E-state index contributed by atoms with van der Waals surface area (Å²) in [6.07, 6.45) is 2.82. The minimum Gasteiger partial charge on any atom is -0.504 e. The number of hydrogen-bond acceptors (Lipinski definition) is 4. The topological polar surface area (TPSA) is 45.8 Å². The number of phenolic OH excluding ortho intramolecular Hbond substituents is 1. The molecule has 2 aliphatic rings. The van der Waals surface area contributed by atoms with Crippen molar-refractivity contribution < 1.29 is 14.3 Å². The van der Waals surface area contributed by atoms with Gasteiger partial charge in [0.25, 0.3) is 0 Å². The number of hydrogen-bond donors (Lipinski definition) is 1. The molecule has 4 heteroatoms. The molecule has 0 bridgehead atoms. The Morgan fingerprint density at radius 2 is 2.18 bits per heavy atom. The lowest BCUT2D eigenvalue weighted by Gasteiger charge is -2.40. The van der Waals surface area contributed by atoms with Crippen molar-refractivity contribution in [1.82, 2.24) is 4.90 Å².